The third kappa shape index (κ3) is 3.20. The first-order valence-corrected chi connectivity index (χ1v) is 8.19. The van der Waals surface area contributed by atoms with Crippen LogP contribution in [0.5, 0.6) is 0 Å². The van der Waals surface area contributed by atoms with Crippen LogP contribution in [0.1, 0.15) is 38.6 Å². The number of aromatic nitrogens is 3. The number of nitrogens with zero attached hydrogens (tertiary/aromatic N) is 4. The highest BCUT2D eigenvalue weighted by Crippen LogP contribution is 2.33. The average molecular weight is 328 g/mol. The number of nitrogens with two attached hydrogens (primary N) is 1. The Hall–Kier alpha value is -2.57. The van der Waals surface area contributed by atoms with Crippen molar-refractivity contribution in [3.8, 4) is 0 Å². The summed E-state index contributed by atoms with van der Waals surface area (Å²) in [5.41, 5.74) is 8.22. The summed E-state index contributed by atoms with van der Waals surface area (Å²) >= 11 is 0. The Morgan fingerprint density at radius 3 is 2.88 bits per heavy atom. The molecule has 24 heavy (non-hydrogen) atoms. The molecule has 3 rings (SSSR count). The maximum Gasteiger partial charge on any atom is 0.316 e. The lowest BCUT2D eigenvalue weighted by atomic mass is 9.99. The molecule has 7 nitrogen and oxygen atoms in total. The monoisotopic (exact) mass is 328 g/mol. The van der Waals surface area contributed by atoms with E-state index >= 15 is 0 Å². The van der Waals surface area contributed by atoms with Crippen LogP contribution in [-0.4, -0.2) is 27.3 Å². The molecule has 128 valence electrons. The van der Waals surface area contributed by atoms with Gasteiger partial charge in [0, 0.05) is 17.9 Å². The van der Waals surface area contributed by atoms with Crippen molar-refractivity contribution >= 4 is 17.4 Å². The minimum atomic E-state index is -0.534. The number of benzene rings is 1. The Bertz CT molecular complexity index is 746. The molecule has 0 saturated carbocycles. The summed E-state index contributed by atoms with van der Waals surface area (Å²) in [5, 5.41) is 7.10. The molecule has 2 heterocycles. The zero-order valence-corrected chi connectivity index (χ0v) is 14.4. The van der Waals surface area contributed by atoms with Crippen LogP contribution < -0.4 is 16.0 Å². The third-order valence-electron chi connectivity index (χ3n) is 4.19. The standard InChI is InChI=1S/C17H24N6O/c1-17(2,3)23-15(19-11-20-23)10-22-9-5-6-12-13(21-16(18)24)7-4-8-14(12)22/h4,7-8,11H,5-6,9-10H2,1-3H3,(H3,18,21,24). The second kappa shape index (κ2) is 6.14. The number of carbonyl (C=O) groups is 1. The third-order valence-corrected chi connectivity index (χ3v) is 4.19. The predicted octanol–water partition coefficient (Wildman–Crippen LogP) is 2.48. The first-order chi connectivity index (χ1) is 11.4. The van der Waals surface area contributed by atoms with Crippen molar-refractivity contribution in [1.82, 2.24) is 14.8 Å². The number of anilines is 2. The highest BCUT2D eigenvalue weighted by Gasteiger charge is 2.24. The molecule has 0 aliphatic carbocycles. The lowest BCUT2D eigenvalue weighted by molar-refractivity contribution is 0.259. The molecule has 1 aromatic carbocycles. The molecule has 0 radical (unpaired) electrons. The number of nitrogens with one attached hydrogen (secondary N) is 1. The van der Waals surface area contributed by atoms with Crippen molar-refractivity contribution in [1.29, 1.82) is 0 Å². The van der Waals surface area contributed by atoms with Crippen molar-refractivity contribution in [3.63, 3.8) is 0 Å². The van der Waals surface area contributed by atoms with Gasteiger partial charge in [0.1, 0.15) is 12.2 Å². The molecule has 7 heteroatoms. The lowest BCUT2D eigenvalue weighted by Crippen LogP contribution is -2.33. The maximum absolute atomic E-state index is 11.2. The molecule has 0 fully saturated rings. The van der Waals surface area contributed by atoms with Crippen molar-refractivity contribution in [2.24, 2.45) is 5.73 Å². The number of fused-ring (bicyclic) bond motifs is 1. The van der Waals surface area contributed by atoms with E-state index in [1.807, 2.05) is 16.8 Å². The highest BCUT2D eigenvalue weighted by atomic mass is 16.2. The lowest BCUT2D eigenvalue weighted by Gasteiger charge is -2.33. The van der Waals surface area contributed by atoms with E-state index in [0.29, 0.717) is 6.54 Å². The van der Waals surface area contributed by atoms with Gasteiger partial charge in [0.25, 0.3) is 0 Å². The van der Waals surface area contributed by atoms with Gasteiger partial charge < -0.3 is 16.0 Å². The van der Waals surface area contributed by atoms with Gasteiger partial charge in [-0.1, -0.05) is 6.07 Å². The molecule has 2 amide bonds. The average Bonchev–Trinajstić information content (AvgIpc) is 2.96. The Morgan fingerprint density at radius 1 is 1.38 bits per heavy atom. The van der Waals surface area contributed by atoms with E-state index in [0.717, 1.165) is 42.1 Å². The van der Waals surface area contributed by atoms with Gasteiger partial charge in [-0.3, -0.25) is 0 Å². The van der Waals surface area contributed by atoms with Gasteiger partial charge in [0.05, 0.1) is 12.1 Å². The summed E-state index contributed by atoms with van der Waals surface area (Å²) in [4.78, 5) is 18.0. The predicted molar refractivity (Wildman–Crippen MR) is 94.0 cm³/mol. The van der Waals surface area contributed by atoms with E-state index in [2.05, 4.69) is 47.1 Å². The van der Waals surface area contributed by atoms with Gasteiger partial charge in [0.2, 0.25) is 0 Å². The number of amides is 2. The zero-order valence-electron chi connectivity index (χ0n) is 14.4. The van der Waals surface area contributed by atoms with Crippen LogP contribution in [0.3, 0.4) is 0 Å². The maximum atomic E-state index is 11.2. The van der Waals surface area contributed by atoms with E-state index in [9.17, 15) is 4.79 Å². The fraction of sp³-hybridized carbons (Fsp3) is 0.471. The molecule has 3 N–H and O–H groups in total. The van der Waals surface area contributed by atoms with Crippen molar-refractivity contribution < 1.29 is 4.79 Å². The Balaban J connectivity index is 1.91. The fourth-order valence-electron chi connectivity index (χ4n) is 3.22. The molecular weight excluding hydrogens is 304 g/mol. The summed E-state index contributed by atoms with van der Waals surface area (Å²) in [5.74, 6) is 0.934. The summed E-state index contributed by atoms with van der Waals surface area (Å²) in [6, 6.07) is 5.38. The zero-order chi connectivity index (χ0) is 17.3. The molecule has 1 aromatic heterocycles. The summed E-state index contributed by atoms with van der Waals surface area (Å²) < 4.78 is 1.97. The number of primary amides is 1. The van der Waals surface area contributed by atoms with Gasteiger partial charge in [-0.05, 0) is 51.3 Å². The smallest absolute Gasteiger partial charge is 0.316 e. The SMILES string of the molecule is CC(C)(C)n1ncnc1CN1CCCc2c(NC(N)=O)cccc21. The van der Waals surface area contributed by atoms with Crippen LogP contribution in [0.4, 0.5) is 16.2 Å². The van der Waals surface area contributed by atoms with Gasteiger partial charge in [0.15, 0.2) is 0 Å². The van der Waals surface area contributed by atoms with Crippen molar-refractivity contribution in [3.05, 3.63) is 35.9 Å². The van der Waals surface area contributed by atoms with Gasteiger partial charge in [-0.2, -0.15) is 5.10 Å². The Labute approximate surface area is 141 Å². The molecule has 1 aliphatic heterocycles. The fourth-order valence-corrected chi connectivity index (χ4v) is 3.22. The number of hydrogen-bond acceptors (Lipinski definition) is 4. The molecule has 2 aromatic rings. The molecule has 0 spiro atoms. The van der Waals surface area contributed by atoms with Crippen LogP contribution in [0.15, 0.2) is 24.5 Å². The van der Waals surface area contributed by atoms with Gasteiger partial charge in [-0.15, -0.1) is 0 Å². The first kappa shape index (κ1) is 16.3. The molecule has 0 unspecified atom stereocenters. The highest BCUT2D eigenvalue weighted by molar-refractivity contribution is 5.90. The quantitative estimate of drug-likeness (QED) is 0.906. The summed E-state index contributed by atoms with van der Waals surface area (Å²) in [6.45, 7) is 7.98. The van der Waals surface area contributed by atoms with E-state index in [4.69, 9.17) is 5.73 Å². The number of carbonyl (C=O) groups excluding carboxylic acids is 1. The minimum absolute atomic E-state index is 0.111. The van der Waals surface area contributed by atoms with Crippen LogP contribution in [-0.2, 0) is 18.5 Å². The van der Waals surface area contributed by atoms with Gasteiger partial charge in [-0.25, -0.2) is 14.5 Å². The molecule has 0 bridgehead atoms. The topological polar surface area (TPSA) is 89.1 Å². The van der Waals surface area contributed by atoms with Crippen LogP contribution >= 0.6 is 0 Å². The number of hydrogen-bond donors (Lipinski definition) is 2. The Kier molecular flexibility index (Phi) is 4.17. The number of rotatable bonds is 3. The molecule has 0 saturated heterocycles. The second-order valence-electron chi connectivity index (χ2n) is 7.08. The Morgan fingerprint density at radius 2 is 2.17 bits per heavy atom. The second-order valence-corrected chi connectivity index (χ2v) is 7.08. The van der Waals surface area contributed by atoms with Crippen molar-refractivity contribution in [2.45, 2.75) is 45.7 Å². The largest absolute Gasteiger partial charge is 0.364 e. The minimum Gasteiger partial charge on any atom is -0.364 e. The van der Waals surface area contributed by atoms with Crippen LogP contribution in [0.25, 0.3) is 0 Å². The number of urea groups is 1. The summed E-state index contributed by atoms with van der Waals surface area (Å²) in [7, 11) is 0. The summed E-state index contributed by atoms with van der Waals surface area (Å²) in [6.07, 6.45) is 3.55. The van der Waals surface area contributed by atoms with Crippen LogP contribution in [0, 0.1) is 0 Å². The van der Waals surface area contributed by atoms with Gasteiger partial charge >= 0.3 is 6.03 Å². The van der Waals surface area contributed by atoms with Crippen molar-refractivity contribution in [2.75, 3.05) is 16.8 Å². The molecule has 0 atom stereocenters. The van der Waals surface area contributed by atoms with Crippen LogP contribution in [0.2, 0.25) is 0 Å². The van der Waals surface area contributed by atoms with E-state index in [1.165, 1.54) is 0 Å². The molecular formula is C17H24N6O. The van der Waals surface area contributed by atoms with E-state index < -0.39 is 6.03 Å². The normalized spacial score (nSPS) is 14.4. The molecule has 1 aliphatic rings. The van der Waals surface area contributed by atoms with E-state index in [1.54, 1.807) is 6.33 Å². The van der Waals surface area contributed by atoms with E-state index in [-0.39, 0.29) is 5.54 Å². The first-order valence-electron chi connectivity index (χ1n) is 8.19.